The summed E-state index contributed by atoms with van der Waals surface area (Å²) >= 11 is 0. The zero-order valence-corrected chi connectivity index (χ0v) is 46.6. The van der Waals surface area contributed by atoms with E-state index in [9.17, 15) is 0 Å². The first-order valence-electron chi connectivity index (χ1n) is 28.6. The van der Waals surface area contributed by atoms with E-state index in [4.69, 9.17) is 0 Å². The fraction of sp³-hybridized carbons (Fsp3) is 0.200. The van der Waals surface area contributed by atoms with E-state index in [0.29, 0.717) is 5.92 Å². The molecule has 1 spiro atoms. The molecule has 0 aliphatic heterocycles. The summed E-state index contributed by atoms with van der Waals surface area (Å²) in [4.78, 5) is 7.85. The van der Waals surface area contributed by atoms with Crippen LogP contribution < -0.4 is 20.0 Å². The van der Waals surface area contributed by atoms with Crippen molar-refractivity contribution >= 4 is 45.5 Å². The average molecular weight is 1030 g/mol. The molecule has 388 valence electrons. The third-order valence-corrected chi connectivity index (χ3v) is 17.9. The summed E-state index contributed by atoms with van der Waals surface area (Å²) in [5.41, 5.74) is 29.1. The highest BCUT2D eigenvalue weighted by atomic mass is 15.3. The molecule has 0 bridgehead atoms. The monoisotopic (exact) mass is 1020 g/mol. The molecule has 1 fully saturated rings. The molecule has 4 atom stereocenters. The molecule has 14 rings (SSSR count). The zero-order chi connectivity index (χ0) is 53.7. The van der Waals surface area contributed by atoms with Crippen molar-refractivity contribution < 1.29 is 0 Å². The Kier molecular flexibility index (Phi) is 11.6. The molecule has 0 amide bonds. The Hall–Kier alpha value is -8.60. The lowest BCUT2D eigenvalue weighted by Crippen LogP contribution is -2.39. The van der Waals surface area contributed by atoms with Crippen LogP contribution in [0, 0.1) is 33.6 Å². The van der Waals surface area contributed by atoms with Gasteiger partial charge in [-0.15, -0.1) is 0 Å². The largest absolute Gasteiger partial charge is 0.356 e. The van der Waals surface area contributed by atoms with Crippen molar-refractivity contribution in [2.45, 2.75) is 91.1 Å². The lowest BCUT2D eigenvalue weighted by molar-refractivity contribution is 0.675. The molecule has 0 radical (unpaired) electrons. The van der Waals surface area contributed by atoms with Crippen LogP contribution in [-0.4, -0.2) is 11.6 Å². The fourth-order valence-corrected chi connectivity index (χ4v) is 14.4. The molecule has 6 aliphatic rings. The van der Waals surface area contributed by atoms with E-state index in [1.54, 1.807) is 0 Å². The Morgan fingerprint density at radius 2 is 1.04 bits per heavy atom. The van der Waals surface area contributed by atoms with Crippen LogP contribution in [0.4, 0.5) is 45.5 Å². The number of fused-ring (bicyclic) bond motifs is 11. The predicted molar refractivity (Wildman–Crippen MR) is 333 cm³/mol. The van der Waals surface area contributed by atoms with E-state index < -0.39 is 5.41 Å². The minimum absolute atomic E-state index is 0.123. The van der Waals surface area contributed by atoms with E-state index in [2.05, 4.69) is 287 Å². The van der Waals surface area contributed by atoms with Crippen LogP contribution in [0.25, 0.3) is 22.3 Å². The van der Waals surface area contributed by atoms with E-state index in [1.165, 1.54) is 106 Å². The molecule has 8 aromatic carbocycles. The Morgan fingerprint density at radius 1 is 0.506 bits per heavy atom. The van der Waals surface area contributed by atoms with E-state index in [0.717, 1.165) is 54.1 Å². The first-order chi connectivity index (χ1) is 38.4. The molecular formula is C75H68N4. The number of nitrogens with one attached hydrogen (secondary N) is 1. The normalized spacial score (nSPS) is 20.7. The molecule has 4 nitrogen and oxygen atoms in total. The molecule has 8 aromatic rings. The van der Waals surface area contributed by atoms with Crippen LogP contribution in [0.15, 0.2) is 241 Å². The van der Waals surface area contributed by atoms with Crippen LogP contribution in [0.5, 0.6) is 0 Å². The molecule has 4 heteroatoms. The number of aryl methyl sites for hydroxylation is 4. The second kappa shape index (κ2) is 18.8. The van der Waals surface area contributed by atoms with Crippen LogP contribution in [0.1, 0.15) is 91.0 Å². The van der Waals surface area contributed by atoms with Gasteiger partial charge in [0.1, 0.15) is 0 Å². The van der Waals surface area contributed by atoms with Crippen molar-refractivity contribution in [2.24, 2.45) is 5.92 Å². The van der Waals surface area contributed by atoms with Gasteiger partial charge in [-0.3, -0.25) is 0 Å². The van der Waals surface area contributed by atoms with Gasteiger partial charge in [-0.25, -0.2) is 0 Å². The second-order valence-electron chi connectivity index (χ2n) is 23.5. The minimum Gasteiger partial charge on any atom is -0.356 e. The first kappa shape index (κ1) is 48.7. The Bertz CT molecular complexity index is 3980. The summed E-state index contributed by atoms with van der Waals surface area (Å²) in [6.07, 6.45) is 23.2. The second-order valence-corrected chi connectivity index (χ2v) is 23.5. The first-order valence-corrected chi connectivity index (χ1v) is 28.6. The number of anilines is 8. The maximum atomic E-state index is 3.91. The van der Waals surface area contributed by atoms with Crippen LogP contribution in [0.3, 0.4) is 0 Å². The Labute approximate surface area is 467 Å². The lowest BCUT2D eigenvalue weighted by atomic mass is 9.70. The maximum absolute atomic E-state index is 3.91. The van der Waals surface area contributed by atoms with Crippen molar-refractivity contribution in [3.8, 4) is 22.3 Å². The highest BCUT2D eigenvalue weighted by molar-refractivity contribution is 5.99. The van der Waals surface area contributed by atoms with Gasteiger partial charge >= 0.3 is 0 Å². The highest BCUT2D eigenvalue weighted by Crippen LogP contribution is 2.66. The number of benzene rings is 8. The smallest absolute Gasteiger partial charge is 0.0728 e. The summed E-state index contributed by atoms with van der Waals surface area (Å²) in [7, 11) is 0. The molecule has 1 saturated carbocycles. The highest BCUT2D eigenvalue weighted by Gasteiger charge is 2.60. The van der Waals surface area contributed by atoms with Gasteiger partial charge in [-0.1, -0.05) is 132 Å². The van der Waals surface area contributed by atoms with Crippen LogP contribution in [0.2, 0.25) is 0 Å². The van der Waals surface area contributed by atoms with Gasteiger partial charge in [0.25, 0.3) is 0 Å². The van der Waals surface area contributed by atoms with Gasteiger partial charge in [0.05, 0.1) is 17.0 Å². The number of allylic oxidation sites excluding steroid dienone is 8. The molecule has 79 heavy (non-hydrogen) atoms. The Morgan fingerprint density at radius 3 is 1.68 bits per heavy atom. The number of rotatable bonds is 11. The standard InChI is InChI=1S/C75H68N4/c1-48-15-8-22-55(37-48)76-56-28-32-65-66-33-29-61(77(57-23-9-16-49(2)38-57)58-24-10-17-50(3)39-58)44-70(66)75(69(65)43-56)71-45-62(78(59-25-11-18-51(4)40-59)60-26-12-19-52(5)41-60)30-34-67(71)68-35-31-64(46-72(68)75)79(63-27-13-20-53(6)42-63)74-36-14-21-54(7)73(74)47-74/h8-12,14-23,25-26,28-46,58,73,76H,13,24,27,47H2,1-7H3. The zero-order valence-electron chi connectivity index (χ0n) is 46.6. The molecule has 0 heterocycles. The van der Waals surface area contributed by atoms with Crippen molar-refractivity contribution in [3.63, 3.8) is 0 Å². The van der Waals surface area contributed by atoms with E-state index in [1.807, 2.05) is 0 Å². The van der Waals surface area contributed by atoms with Crippen molar-refractivity contribution in [1.82, 2.24) is 0 Å². The topological polar surface area (TPSA) is 21.8 Å². The lowest BCUT2D eigenvalue weighted by Gasteiger charge is -2.39. The summed E-state index contributed by atoms with van der Waals surface area (Å²) in [5, 5.41) is 3.91. The molecular weight excluding hydrogens is 957 g/mol. The molecule has 0 aromatic heterocycles. The SMILES string of the molecule is CC1=CCCC(N(c2ccc3c(c2)C2(c4cc(Nc5cccc(C)c5)ccc4-c4ccc(N(c5cccc(C)c5)C5C=C(C)C=CC5)cc42)c2cc(N(c4cccc(C)c4)c4cccc(C)c4)ccc2-3)C23C=CC=C(C)C2C3)=C1. The Balaban J connectivity index is 1.07. The van der Waals surface area contributed by atoms with Gasteiger partial charge in [-0.2, -0.15) is 0 Å². The molecule has 6 aliphatic carbocycles. The summed E-state index contributed by atoms with van der Waals surface area (Å²) in [6, 6.07) is 65.5. The van der Waals surface area contributed by atoms with Crippen LogP contribution in [-0.2, 0) is 5.41 Å². The number of hydrogen-bond donors (Lipinski definition) is 1. The molecule has 4 unspecified atom stereocenters. The fourth-order valence-electron chi connectivity index (χ4n) is 14.4. The van der Waals surface area contributed by atoms with Crippen molar-refractivity contribution in [1.29, 1.82) is 0 Å². The third kappa shape index (κ3) is 8.09. The predicted octanol–water partition coefficient (Wildman–Crippen LogP) is 19.6. The van der Waals surface area contributed by atoms with Gasteiger partial charge in [-0.05, 0) is 244 Å². The van der Waals surface area contributed by atoms with Crippen molar-refractivity contribution in [3.05, 3.63) is 285 Å². The van der Waals surface area contributed by atoms with Gasteiger partial charge in [0, 0.05) is 57.1 Å². The quantitative estimate of drug-likeness (QED) is 0.139. The van der Waals surface area contributed by atoms with Crippen LogP contribution >= 0.6 is 0 Å². The van der Waals surface area contributed by atoms with Gasteiger partial charge < -0.3 is 20.0 Å². The van der Waals surface area contributed by atoms with Crippen molar-refractivity contribution in [2.75, 3.05) is 20.0 Å². The van der Waals surface area contributed by atoms with Gasteiger partial charge in [0.2, 0.25) is 0 Å². The molecule has 1 N–H and O–H groups in total. The van der Waals surface area contributed by atoms with E-state index in [-0.39, 0.29) is 11.6 Å². The van der Waals surface area contributed by atoms with E-state index >= 15 is 0 Å². The summed E-state index contributed by atoms with van der Waals surface area (Å²) < 4.78 is 0. The van der Waals surface area contributed by atoms with Gasteiger partial charge in [0.15, 0.2) is 0 Å². The minimum atomic E-state index is -0.732. The maximum Gasteiger partial charge on any atom is 0.0728 e. The number of nitrogens with zero attached hydrogens (tertiary/aromatic N) is 3. The average Bonchev–Trinajstić information content (AvgIpc) is 3.57. The summed E-state index contributed by atoms with van der Waals surface area (Å²) in [5.74, 6) is 0.464. The summed E-state index contributed by atoms with van der Waals surface area (Å²) in [6.45, 7) is 15.6. The number of hydrogen-bond acceptors (Lipinski definition) is 4. The molecule has 0 saturated heterocycles. The third-order valence-electron chi connectivity index (χ3n) is 17.9.